The Hall–Kier alpha value is -0.250. The normalized spacial score (nSPS) is 22.8. The molecule has 0 spiro atoms. The van der Waals surface area contributed by atoms with Gasteiger partial charge < -0.3 is 10.0 Å². The first-order chi connectivity index (χ1) is 12.7. The summed E-state index contributed by atoms with van der Waals surface area (Å²) in [6.45, 7) is 11.7. The lowest BCUT2D eigenvalue weighted by atomic mass is 9.90. The van der Waals surface area contributed by atoms with Crippen molar-refractivity contribution in [3.63, 3.8) is 0 Å². The number of hydrogen-bond donors (Lipinski definition) is 1. The number of alkyl halides is 1. The van der Waals surface area contributed by atoms with Gasteiger partial charge in [-0.3, -0.25) is 19.4 Å². The number of hydrogen-bond acceptors (Lipinski definition) is 5. The zero-order valence-corrected chi connectivity index (χ0v) is 19.3. The minimum Gasteiger partial charge on any atom is -0.388 e. The van der Waals surface area contributed by atoms with E-state index in [4.69, 9.17) is 0 Å². The molecule has 2 aliphatic rings. The van der Waals surface area contributed by atoms with E-state index in [-0.39, 0.29) is 17.6 Å². The van der Waals surface area contributed by atoms with Gasteiger partial charge in [0.25, 0.3) is 0 Å². The molecule has 0 aromatic carbocycles. The predicted octanol–water partition coefficient (Wildman–Crippen LogP) is 2.13. The van der Waals surface area contributed by atoms with Crippen molar-refractivity contribution in [2.45, 2.75) is 62.5 Å². The third kappa shape index (κ3) is 7.25. The lowest BCUT2D eigenvalue weighted by Gasteiger charge is -2.43. The summed E-state index contributed by atoms with van der Waals surface area (Å²) in [7, 11) is 0. The fraction of sp³-hybridized carbons (Fsp3) is 0.900. The number of rotatable bonds is 8. The summed E-state index contributed by atoms with van der Waals surface area (Å²) >= 11 is 2.43. The van der Waals surface area contributed by atoms with E-state index in [1.165, 1.54) is 0 Å². The topological polar surface area (TPSA) is 64.1 Å². The summed E-state index contributed by atoms with van der Waals surface area (Å²) < 4.78 is 0.512. The fourth-order valence-electron chi connectivity index (χ4n) is 3.89. The number of ketones is 1. The first-order valence-electron chi connectivity index (χ1n) is 10.3. The molecule has 1 atom stereocenters. The monoisotopic (exact) mass is 493 g/mol. The van der Waals surface area contributed by atoms with Gasteiger partial charge in [-0.1, -0.05) is 36.4 Å². The second kappa shape index (κ2) is 10.5. The smallest absolute Gasteiger partial charge is 0.222 e. The van der Waals surface area contributed by atoms with Crippen LogP contribution in [-0.4, -0.2) is 87.0 Å². The van der Waals surface area contributed by atoms with Gasteiger partial charge in [0.2, 0.25) is 5.91 Å². The van der Waals surface area contributed by atoms with Crippen molar-refractivity contribution in [1.82, 2.24) is 14.7 Å². The maximum atomic E-state index is 12.3. The summed E-state index contributed by atoms with van der Waals surface area (Å²) in [5.41, 5.74) is -0.592. The van der Waals surface area contributed by atoms with Crippen LogP contribution in [-0.2, 0) is 9.59 Å². The molecule has 0 aliphatic carbocycles. The summed E-state index contributed by atoms with van der Waals surface area (Å²) in [5.74, 6) is 0.458. The maximum absolute atomic E-state index is 12.3. The molecule has 1 N–H and O–H groups in total. The zero-order chi connectivity index (χ0) is 20.0. The minimum absolute atomic E-state index is 0.0569. The maximum Gasteiger partial charge on any atom is 0.222 e. The van der Waals surface area contributed by atoms with Gasteiger partial charge in [0, 0.05) is 64.6 Å². The van der Waals surface area contributed by atoms with Gasteiger partial charge >= 0.3 is 0 Å². The number of nitrogens with zero attached hydrogens (tertiary/aromatic N) is 3. The van der Waals surface area contributed by atoms with Crippen molar-refractivity contribution in [3.8, 4) is 0 Å². The molecule has 2 fully saturated rings. The van der Waals surface area contributed by atoms with Gasteiger partial charge in [-0.15, -0.1) is 0 Å². The molecule has 0 aromatic heterocycles. The Labute approximate surface area is 177 Å². The van der Waals surface area contributed by atoms with Crippen molar-refractivity contribution >= 4 is 34.3 Å². The summed E-state index contributed by atoms with van der Waals surface area (Å²) in [4.78, 5) is 30.6. The van der Waals surface area contributed by atoms with Crippen LogP contribution in [0.5, 0.6) is 0 Å². The number of carbonyl (C=O) groups is 2. The number of likely N-dealkylation sites (tertiary alicyclic amines) is 1. The number of aliphatic hydroxyl groups is 1. The lowest BCUT2D eigenvalue weighted by Crippen LogP contribution is -2.56. The Morgan fingerprint density at radius 2 is 1.59 bits per heavy atom. The van der Waals surface area contributed by atoms with E-state index < -0.39 is 5.60 Å². The summed E-state index contributed by atoms with van der Waals surface area (Å²) in [6, 6.07) is 0. The highest BCUT2D eigenvalue weighted by Gasteiger charge is 2.35. The molecule has 2 saturated heterocycles. The van der Waals surface area contributed by atoms with Gasteiger partial charge in [-0.25, -0.2) is 0 Å². The number of piperazine rings is 1. The third-order valence-corrected chi connectivity index (χ3v) is 6.72. The van der Waals surface area contributed by atoms with Crippen LogP contribution in [0.4, 0.5) is 0 Å². The van der Waals surface area contributed by atoms with Crippen LogP contribution in [0.1, 0.15) is 52.9 Å². The number of amides is 1. The molecule has 0 bridgehead atoms. The Kier molecular flexibility index (Phi) is 8.96. The highest BCUT2D eigenvalue weighted by molar-refractivity contribution is 14.1. The molecular formula is C20H36IN3O3. The molecule has 1 unspecified atom stereocenters. The fourth-order valence-corrected chi connectivity index (χ4v) is 4.44. The molecule has 7 heteroatoms. The number of Topliss-reactive ketones (excluding diaryl/α,β-unsaturated/α-hetero) is 1. The number of halogens is 1. The van der Waals surface area contributed by atoms with Crippen molar-refractivity contribution in [2.24, 2.45) is 5.92 Å². The molecular weight excluding hydrogens is 457 g/mol. The molecule has 0 saturated carbocycles. The molecule has 6 nitrogen and oxygen atoms in total. The lowest BCUT2D eigenvalue weighted by molar-refractivity contribution is -0.133. The van der Waals surface area contributed by atoms with Crippen LogP contribution < -0.4 is 0 Å². The van der Waals surface area contributed by atoms with Crippen molar-refractivity contribution < 1.29 is 14.7 Å². The molecule has 2 rings (SSSR count). The van der Waals surface area contributed by atoms with E-state index in [0.29, 0.717) is 29.9 Å². The Morgan fingerprint density at radius 3 is 2.11 bits per heavy atom. The largest absolute Gasteiger partial charge is 0.388 e. The number of piperidine rings is 1. The van der Waals surface area contributed by atoms with Crippen molar-refractivity contribution in [1.29, 1.82) is 0 Å². The van der Waals surface area contributed by atoms with Gasteiger partial charge in [0.1, 0.15) is 5.78 Å². The SMILES string of the molecule is CC(C)C(=O)CCCC(=O)N1CCN(CC2(O)CCN(C(C)I)CC2)CC1. The van der Waals surface area contributed by atoms with Gasteiger partial charge in [-0.05, 0) is 26.2 Å². The van der Waals surface area contributed by atoms with Gasteiger partial charge in [-0.2, -0.15) is 0 Å². The van der Waals surface area contributed by atoms with Gasteiger partial charge in [0.05, 0.1) is 9.65 Å². The molecule has 2 heterocycles. The second-order valence-corrected chi connectivity index (χ2v) is 10.3. The number of carbonyl (C=O) groups excluding carboxylic acids is 2. The van der Waals surface area contributed by atoms with Crippen LogP contribution >= 0.6 is 22.6 Å². The Bertz CT molecular complexity index is 497. The zero-order valence-electron chi connectivity index (χ0n) is 17.1. The van der Waals surface area contributed by atoms with Crippen molar-refractivity contribution in [2.75, 3.05) is 45.8 Å². The van der Waals surface area contributed by atoms with E-state index in [1.54, 1.807) is 0 Å². The highest BCUT2D eigenvalue weighted by atomic mass is 127. The first kappa shape index (κ1) is 23.0. The van der Waals surface area contributed by atoms with Crippen molar-refractivity contribution in [3.05, 3.63) is 0 Å². The molecule has 156 valence electrons. The molecule has 2 aliphatic heterocycles. The molecule has 0 radical (unpaired) electrons. The van der Waals surface area contributed by atoms with E-state index >= 15 is 0 Å². The second-order valence-electron chi connectivity index (χ2n) is 8.47. The quantitative estimate of drug-likeness (QED) is 0.319. The Morgan fingerprint density at radius 1 is 1.00 bits per heavy atom. The Balaban J connectivity index is 1.68. The summed E-state index contributed by atoms with van der Waals surface area (Å²) in [6.07, 6.45) is 3.27. The molecule has 0 aromatic rings. The van der Waals surface area contributed by atoms with E-state index in [2.05, 4.69) is 39.3 Å². The minimum atomic E-state index is -0.592. The number of β-amino-alcohol motifs (C(OH)–C–C–N with tert-alkyl or cyclic N) is 1. The van der Waals surface area contributed by atoms with E-state index in [1.807, 2.05) is 18.7 Å². The van der Waals surface area contributed by atoms with Crippen LogP contribution in [0.25, 0.3) is 0 Å². The summed E-state index contributed by atoms with van der Waals surface area (Å²) in [5, 5.41) is 10.9. The molecule has 1 amide bonds. The third-order valence-electron chi connectivity index (χ3n) is 5.93. The average Bonchev–Trinajstić information content (AvgIpc) is 2.62. The average molecular weight is 493 g/mol. The van der Waals surface area contributed by atoms with Gasteiger partial charge in [0.15, 0.2) is 0 Å². The first-order valence-corrected chi connectivity index (χ1v) is 11.6. The predicted molar refractivity (Wildman–Crippen MR) is 116 cm³/mol. The van der Waals surface area contributed by atoms with Crippen LogP contribution in [0.2, 0.25) is 0 Å². The standard InChI is InChI=1S/C20H36IN3O3/c1-16(2)18(25)5-4-6-19(26)24-13-11-22(12-14-24)15-20(27)7-9-23(10-8-20)17(3)21/h16-17,27H,4-15H2,1-3H3. The van der Waals surface area contributed by atoms with E-state index in [0.717, 1.165) is 52.1 Å². The molecule has 27 heavy (non-hydrogen) atoms. The van der Waals surface area contributed by atoms with Crippen LogP contribution in [0.3, 0.4) is 0 Å². The van der Waals surface area contributed by atoms with Crippen LogP contribution in [0, 0.1) is 5.92 Å². The van der Waals surface area contributed by atoms with E-state index in [9.17, 15) is 14.7 Å². The van der Waals surface area contributed by atoms with Crippen LogP contribution in [0.15, 0.2) is 0 Å². The highest BCUT2D eigenvalue weighted by Crippen LogP contribution is 2.26.